The fourth-order valence-electron chi connectivity index (χ4n) is 4.50. The smallest absolute Gasteiger partial charge is 0.309 e. The Labute approximate surface area is 211 Å². The lowest BCUT2D eigenvalue weighted by molar-refractivity contribution is -0.145. The summed E-state index contributed by atoms with van der Waals surface area (Å²) in [7, 11) is 1.13. The molecule has 8 nitrogen and oxygen atoms in total. The average molecular weight is 507 g/mol. The van der Waals surface area contributed by atoms with E-state index in [1.807, 2.05) is 57.3 Å². The molecule has 188 valence electrons. The summed E-state index contributed by atoms with van der Waals surface area (Å²) in [6, 6.07) is 20.2. The van der Waals surface area contributed by atoms with E-state index in [1.165, 1.54) is 11.4 Å². The first-order chi connectivity index (χ1) is 17.1. The highest BCUT2D eigenvalue weighted by molar-refractivity contribution is 7.89. The molecule has 0 saturated heterocycles. The number of sulfonamides is 1. The van der Waals surface area contributed by atoms with E-state index in [4.69, 9.17) is 4.74 Å². The first kappa shape index (κ1) is 25.5. The molecule has 1 aromatic heterocycles. The average Bonchev–Trinajstić information content (AvgIpc) is 3.25. The minimum absolute atomic E-state index is 0.194. The Morgan fingerprint density at radius 3 is 2.42 bits per heavy atom. The summed E-state index contributed by atoms with van der Waals surface area (Å²) in [5.41, 5.74) is 5.24. The molecule has 9 heteroatoms. The van der Waals surface area contributed by atoms with Crippen molar-refractivity contribution in [1.82, 2.24) is 19.3 Å². The molecule has 1 heterocycles. The van der Waals surface area contributed by atoms with Crippen molar-refractivity contribution in [3.05, 3.63) is 89.0 Å². The van der Waals surface area contributed by atoms with Gasteiger partial charge in [-0.3, -0.25) is 4.79 Å². The molecule has 0 N–H and O–H groups in total. The molecule has 4 aromatic rings. The van der Waals surface area contributed by atoms with Crippen LogP contribution in [0.15, 0.2) is 71.6 Å². The van der Waals surface area contributed by atoms with Crippen LogP contribution in [-0.2, 0) is 33.1 Å². The first-order valence-electron chi connectivity index (χ1n) is 11.6. The van der Waals surface area contributed by atoms with Crippen LogP contribution in [0.2, 0.25) is 0 Å². The summed E-state index contributed by atoms with van der Waals surface area (Å²) in [5, 5.41) is 8.31. The lowest BCUT2D eigenvalue weighted by Crippen LogP contribution is -2.27. The van der Waals surface area contributed by atoms with Gasteiger partial charge in [-0.2, -0.15) is 4.31 Å². The maximum atomic E-state index is 13.1. The van der Waals surface area contributed by atoms with E-state index in [-0.39, 0.29) is 23.3 Å². The topological polar surface area (TPSA) is 94.4 Å². The Morgan fingerprint density at radius 2 is 1.72 bits per heavy atom. The minimum atomic E-state index is -3.65. The summed E-state index contributed by atoms with van der Waals surface area (Å²) in [6.45, 7) is 3.98. The van der Waals surface area contributed by atoms with E-state index in [1.54, 1.807) is 42.1 Å². The van der Waals surface area contributed by atoms with Gasteiger partial charge < -0.3 is 4.74 Å². The Morgan fingerprint density at radius 1 is 1.06 bits per heavy atom. The molecule has 0 aliphatic rings. The lowest BCUT2D eigenvalue weighted by Gasteiger charge is -2.25. The number of benzene rings is 3. The third-order valence-electron chi connectivity index (χ3n) is 6.64. The number of carbonyl (C=O) groups is 1. The van der Waals surface area contributed by atoms with Gasteiger partial charge >= 0.3 is 5.97 Å². The minimum Gasteiger partial charge on any atom is -0.469 e. The van der Waals surface area contributed by atoms with Gasteiger partial charge in [-0.15, -0.1) is 5.10 Å². The molecule has 2 unspecified atom stereocenters. The number of aryl methyl sites for hydroxylation is 2. The van der Waals surface area contributed by atoms with Crippen molar-refractivity contribution in [2.45, 2.75) is 31.2 Å². The molecule has 2 atom stereocenters. The van der Waals surface area contributed by atoms with Crippen LogP contribution in [-0.4, -0.2) is 47.8 Å². The second-order valence-electron chi connectivity index (χ2n) is 9.01. The fourth-order valence-corrected chi connectivity index (χ4v) is 5.67. The molecular weight excluding hydrogens is 476 g/mol. The van der Waals surface area contributed by atoms with Crippen LogP contribution < -0.4 is 0 Å². The zero-order chi connectivity index (χ0) is 26.0. The van der Waals surface area contributed by atoms with Gasteiger partial charge in [0.1, 0.15) is 5.52 Å². The molecule has 0 aliphatic carbocycles. The van der Waals surface area contributed by atoms with Gasteiger partial charge in [0.05, 0.1) is 23.4 Å². The fraction of sp³-hybridized carbons (Fsp3) is 0.296. The summed E-state index contributed by atoms with van der Waals surface area (Å²) in [6.07, 6.45) is 0. The SMILES string of the molecule is COC(=O)C(C)C(c1ccc(C)c(CN(C)S(=O)(=O)c2ccccc2)c1)c1ccc2c(c1)nnn2C. The van der Waals surface area contributed by atoms with Crippen LogP contribution in [0, 0.1) is 12.8 Å². The van der Waals surface area contributed by atoms with Gasteiger partial charge in [0.2, 0.25) is 10.0 Å². The molecular formula is C27H30N4O4S. The second-order valence-corrected chi connectivity index (χ2v) is 11.1. The predicted molar refractivity (Wildman–Crippen MR) is 138 cm³/mol. The normalized spacial score (nSPS) is 13.6. The number of fused-ring (bicyclic) bond motifs is 1. The molecule has 4 rings (SSSR count). The molecule has 0 fully saturated rings. The zero-order valence-corrected chi connectivity index (χ0v) is 21.9. The maximum Gasteiger partial charge on any atom is 0.309 e. The van der Waals surface area contributed by atoms with E-state index < -0.39 is 15.9 Å². The quantitative estimate of drug-likeness (QED) is 0.335. The number of aromatic nitrogens is 3. The highest BCUT2D eigenvalue weighted by Crippen LogP contribution is 2.35. The molecule has 36 heavy (non-hydrogen) atoms. The number of nitrogens with zero attached hydrogens (tertiary/aromatic N) is 4. The van der Waals surface area contributed by atoms with E-state index >= 15 is 0 Å². The third kappa shape index (κ3) is 4.89. The molecule has 0 radical (unpaired) electrons. The number of hydrogen-bond donors (Lipinski definition) is 0. The van der Waals surface area contributed by atoms with Crippen molar-refractivity contribution in [2.24, 2.45) is 13.0 Å². The van der Waals surface area contributed by atoms with Gasteiger partial charge in [-0.25, -0.2) is 13.1 Å². The maximum absolute atomic E-state index is 13.1. The Bertz CT molecular complexity index is 1500. The summed E-state index contributed by atoms with van der Waals surface area (Å²) in [4.78, 5) is 12.9. The van der Waals surface area contributed by atoms with Crippen LogP contribution in [0.25, 0.3) is 11.0 Å². The van der Waals surface area contributed by atoms with Crippen molar-refractivity contribution in [3.63, 3.8) is 0 Å². The number of hydrogen-bond acceptors (Lipinski definition) is 6. The monoisotopic (exact) mass is 506 g/mol. The molecule has 3 aromatic carbocycles. The van der Waals surface area contributed by atoms with Crippen molar-refractivity contribution in [1.29, 1.82) is 0 Å². The number of carbonyl (C=O) groups excluding carboxylic acids is 1. The third-order valence-corrected chi connectivity index (χ3v) is 8.46. The number of rotatable bonds is 8. The second kappa shape index (κ2) is 10.2. The summed E-state index contributed by atoms with van der Waals surface area (Å²) in [5.74, 6) is -1.13. The number of methoxy groups -OCH3 is 1. The molecule has 0 bridgehead atoms. The predicted octanol–water partition coefficient (Wildman–Crippen LogP) is 4.04. The summed E-state index contributed by atoms with van der Waals surface area (Å²) >= 11 is 0. The van der Waals surface area contributed by atoms with Crippen LogP contribution >= 0.6 is 0 Å². The summed E-state index contributed by atoms with van der Waals surface area (Å²) < 4.78 is 34.3. The van der Waals surface area contributed by atoms with E-state index in [2.05, 4.69) is 10.3 Å². The molecule has 0 saturated carbocycles. The van der Waals surface area contributed by atoms with E-state index in [0.29, 0.717) is 0 Å². The number of esters is 1. The van der Waals surface area contributed by atoms with Crippen molar-refractivity contribution < 1.29 is 17.9 Å². The van der Waals surface area contributed by atoms with Gasteiger partial charge in [-0.1, -0.05) is 54.6 Å². The zero-order valence-electron chi connectivity index (χ0n) is 21.0. The first-order valence-corrected chi connectivity index (χ1v) is 13.1. The van der Waals surface area contributed by atoms with Crippen LogP contribution in [0.5, 0.6) is 0 Å². The highest BCUT2D eigenvalue weighted by Gasteiger charge is 2.29. The van der Waals surface area contributed by atoms with Gasteiger partial charge in [-0.05, 0) is 53.4 Å². The van der Waals surface area contributed by atoms with Crippen LogP contribution in [0.4, 0.5) is 0 Å². The van der Waals surface area contributed by atoms with E-state index in [0.717, 1.165) is 33.3 Å². The van der Waals surface area contributed by atoms with Gasteiger partial charge in [0.25, 0.3) is 0 Å². The van der Waals surface area contributed by atoms with Crippen molar-refractivity contribution >= 4 is 27.0 Å². The molecule has 0 spiro atoms. The van der Waals surface area contributed by atoms with Crippen LogP contribution in [0.1, 0.15) is 35.1 Å². The van der Waals surface area contributed by atoms with Crippen LogP contribution in [0.3, 0.4) is 0 Å². The van der Waals surface area contributed by atoms with Gasteiger partial charge in [0.15, 0.2) is 0 Å². The van der Waals surface area contributed by atoms with E-state index in [9.17, 15) is 13.2 Å². The lowest BCUT2D eigenvalue weighted by atomic mass is 9.80. The van der Waals surface area contributed by atoms with Crippen molar-refractivity contribution in [2.75, 3.05) is 14.2 Å². The Hall–Kier alpha value is -3.56. The molecule has 0 aliphatic heterocycles. The highest BCUT2D eigenvalue weighted by atomic mass is 32.2. The number of ether oxygens (including phenoxy) is 1. The van der Waals surface area contributed by atoms with Gasteiger partial charge in [0, 0.05) is 26.6 Å². The Balaban J connectivity index is 1.74. The standard InChI is InChI=1S/C27H30N4O4S/c1-18-11-12-20(15-22(18)17-30(3)36(33,34)23-9-7-6-8-10-23)26(19(2)27(32)35-5)21-13-14-25-24(16-21)28-29-31(25)4/h6-16,19,26H,17H2,1-5H3. The largest absolute Gasteiger partial charge is 0.469 e. The molecule has 0 amide bonds. The van der Waals surface area contributed by atoms with Crippen molar-refractivity contribution in [3.8, 4) is 0 Å². The Kier molecular flexibility index (Phi) is 7.23.